The van der Waals surface area contributed by atoms with Crippen molar-refractivity contribution in [1.82, 2.24) is 0 Å². The number of benzene rings is 1. The predicted octanol–water partition coefficient (Wildman–Crippen LogP) is 2.24. The van der Waals surface area contributed by atoms with E-state index in [2.05, 4.69) is 6.58 Å². The lowest BCUT2D eigenvalue weighted by molar-refractivity contribution is 0.101. The maximum Gasteiger partial charge on any atom is 0.176 e. The molecule has 4 heteroatoms. The molecule has 0 aromatic heterocycles. The summed E-state index contributed by atoms with van der Waals surface area (Å²) in [5, 5.41) is 0. The highest BCUT2D eigenvalue weighted by atomic mass is 32.2. The Bertz CT molecular complexity index is 554. The number of hydrogen-bond acceptors (Lipinski definition) is 3. The highest BCUT2D eigenvalue weighted by Gasteiger charge is 2.19. The second-order valence-electron chi connectivity index (χ2n) is 3.69. The summed E-state index contributed by atoms with van der Waals surface area (Å²) in [6.07, 6.45) is 2.70. The van der Waals surface area contributed by atoms with Crippen molar-refractivity contribution in [3.05, 3.63) is 35.4 Å². The van der Waals surface area contributed by atoms with E-state index in [9.17, 15) is 13.2 Å². The molecule has 0 aliphatic heterocycles. The lowest BCUT2D eigenvalue weighted by Gasteiger charge is -2.11. The molecule has 0 amide bonds. The summed E-state index contributed by atoms with van der Waals surface area (Å²) in [6, 6.07) is 3.11. The van der Waals surface area contributed by atoms with Gasteiger partial charge in [0.2, 0.25) is 0 Å². The molecule has 1 aromatic rings. The summed E-state index contributed by atoms with van der Waals surface area (Å²) >= 11 is 0. The van der Waals surface area contributed by atoms with Gasteiger partial charge in [-0.3, -0.25) is 4.79 Å². The van der Waals surface area contributed by atoms with Crippen LogP contribution in [0.3, 0.4) is 0 Å². The van der Waals surface area contributed by atoms with Gasteiger partial charge < -0.3 is 0 Å². The molecule has 86 valence electrons. The normalized spacial score (nSPS) is 11.2. The number of sulfone groups is 1. The van der Waals surface area contributed by atoms with Crippen molar-refractivity contribution in [3.8, 4) is 0 Å². The minimum absolute atomic E-state index is 0.0862. The van der Waals surface area contributed by atoms with Crippen LogP contribution in [0.15, 0.2) is 23.6 Å². The van der Waals surface area contributed by atoms with Crippen LogP contribution < -0.4 is 0 Å². The molecule has 0 saturated carbocycles. The van der Waals surface area contributed by atoms with Crippen LogP contribution in [0, 0.1) is 6.92 Å². The molecule has 16 heavy (non-hydrogen) atoms. The molecule has 1 aromatic carbocycles. The van der Waals surface area contributed by atoms with Gasteiger partial charge in [0.15, 0.2) is 15.6 Å². The molecule has 0 fully saturated rings. The van der Waals surface area contributed by atoms with Crippen LogP contribution in [0.1, 0.15) is 28.4 Å². The van der Waals surface area contributed by atoms with Gasteiger partial charge in [0.25, 0.3) is 0 Å². The highest BCUT2D eigenvalue weighted by molar-refractivity contribution is 7.90. The van der Waals surface area contributed by atoms with Gasteiger partial charge in [0.05, 0.1) is 4.90 Å². The first kappa shape index (κ1) is 12.6. The van der Waals surface area contributed by atoms with E-state index in [-0.39, 0.29) is 16.2 Å². The largest absolute Gasteiger partial charge is 0.294 e. The van der Waals surface area contributed by atoms with Crippen LogP contribution in [0.25, 0.3) is 6.08 Å². The number of carbonyl (C=O) groups excluding carboxylic acids is 1. The molecular weight excluding hydrogens is 224 g/mol. The van der Waals surface area contributed by atoms with Crippen molar-refractivity contribution in [2.75, 3.05) is 6.26 Å². The fourth-order valence-corrected chi connectivity index (χ4v) is 2.65. The number of rotatable bonds is 3. The van der Waals surface area contributed by atoms with Crippen molar-refractivity contribution >= 4 is 21.7 Å². The lowest BCUT2D eigenvalue weighted by atomic mass is 10.00. The molecular formula is C12H14O3S. The standard InChI is InChI=1S/C12H14O3S/c1-5-10-6-7-11(16(4,14)15)12(8(10)2)9(3)13/h5-7H,1H2,2-4H3. The topological polar surface area (TPSA) is 51.2 Å². The average Bonchev–Trinajstić information content (AvgIpc) is 2.15. The quantitative estimate of drug-likeness (QED) is 0.759. The van der Waals surface area contributed by atoms with Crippen molar-refractivity contribution < 1.29 is 13.2 Å². The van der Waals surface area contributed by atoms with E-state index >= 15 is 0 Å². The highest BCUT2D eigenvalue weighted by Crippen LogP contribution is 2.23. The molecule has 0 saturated heterocycles. The van der Waals surface area contributed by atoms with Gasteiger partial charge in [-0.15, -0.1) is 0 Å². The zero-order valence-corrected chi connectivity index (χ0v) is 10.4. The van der Waals surface area contributed by atoms with Crippen LogP contribution in [0.5, 0.6) is 0 Å². The van der Waals surface area contributed by atoms with Crippen molar-refractivity contribution in [1.29, 1.82) is 0 Å². The van der Waals surface area contributed by atoms with Gasteiger partial charge in [0, 0.05) is 11.8 Å². The number of Topliss-reactive ketones (excluding diaryl/α,β-unsaturated/α-hetero) is 1. The van der Waals surface area contributed by atoms with E-state index in [0.717, 1.165) is 11.8 Å². The second kappa shape index (κ2) is 4.22. The maximum absolute atomic E-state index is 11.5. The zero-order chi connectivity index (χ0) is 12.5. The maximum atomic E-state index is 11.5. The van der Waals surface area contributed by atoms with Crippen LogP contribution in [-0.2, 0) is 9.84 Å². The third kappa shape index (κ3) is 2.22. The van der Waals surface area contributed by atoms with Crippen molar-refractivity contribution in [3.63, 3.8) is 0 Å². The second-order valence-corrected chi connectivity index (χ2v) is 5.67. The first-order chi connectivity index (χ1) is 7.29. The molecule has 3 nitrogen and oxygen atoms in total. The molecule has 0 radical (unpaired) electrons. The summed E-state index contributed by atoms with van der Waals surface area (Å²) in [5.41, 5.74) is 1.70. The Morgan fingerprint density at radius 2 is 1.94 bits per heavy atom. The lowest BCUT2D eigenvalue weighted by Crippen LogP contribution is -2.09. The first-order valence-corrected chi connectivity index (χ1v) is 6.65. The Balaban J connectivity index is 3.73. The van der Waals surface area contributed by atoms with E-state index in [1.807, 2.05) is 0 Å². The van der Waals surface area contributed by atoms with Crippen LogP contribution in [0.2, 0.25) is 0 Å². The molecule has 0 spiro atoms. The molecule has 0 heterocycles. The van der Waals surface area contributed by atoms with Gasteiger partial charge in [-0.25, -0.2) is 8.42 Å². The third-order valence-electron chi connectivity index (χ3n) is 2.44. The minimum atomic E-state index is -3.38. The number of carbonyl (C=O) groups is 1. The summed E-state index contributed by atoms with van der Waals surface area (Å²) in [4.78, 5) is 11.6. The van der Waals surface area contributed by atoms with Crippen molar-refractivity contribution in [2.45, 2.75) is 18.7 Å². The monoisotopic (exact) mass is 238 g/mol. The van der Waals surface area contributed by atoms with Crippen LogP contribution >= 0.6 is 0 Å². The molecule has 0 N–H and O–H groups in total. The molecule has 0 bridgehead atoms. The Morgan fingerprint density at radius 1 is 1.38 bits per heavy atom. The zero-order valence-electron chi connectivity index (χ0n) is 9.57. The smallest absolute Gasteiger partial charge is 0.176 e. The molecule has 1 rings (SSSR count). The van der Waals surface area contributed by atoms with E-state index in [0.29, 0.717) is 5.56 Å². The van der Waals surface area contributed by atoms with E-state index in [1.165, 1.54) is 13.0 Å². The summed E-state index contributed by atoms with van der Waals surface area (Å²) in [5.74, 6) is -0.248. The fraction of sp³-hybridized carbons (Fsp3) is 0.250. The van der Waals surface area contributed by atoms with Crippen LogP contribution in [0.4, 0.5) is 0 Å². The Hall–Kier alpha value is -1.42. The number of hydrogen-bond donors (Lipinski definition) is 0. The molecule has 0 unspecified atom stereocenters. The summed E-state index contributed by atoms with van der Waals surface area (Å²) < 4.78 is 23.1. The van der Waals surface area contributed by atoms with Gasteiger partial charge in [-0.05, 0) is 31.0 Å². The Labute approximate surface area is 95.7 Å². The van der Waals surface area contributed by atoms with Gasteiger partial charge >= 0.3 is 0 Å². The Kier molecular flexibility index (Phi) is 3.33. The van der Waals surface area contributed by atoms with Gasteiger partial charge in [0.1, 0.15) is 0 Å². The van der Waals surface area contributed by atoms with E-state index in [4.69, 9.17) is 0 Å². The van der Waals surface area contributed by atoms with Crippen molar-refractivity contribution in [2.24, 2.45) is 0 Å². The predicted molar refractivity (Wildman–Crippen MR) is 64.4 cm³/mol. The first-order valence-electron chi connectivity index (χ1n) is 4.76. The number of ketones is 1. The average molecular weight is 238 g/mol. The Morgan fingerprint density at radius 3 is 2.31 bits per heavy atom. The minimum Gasteiger partial charge on any atom is -0.294 e. The van der Waals surface area contributed by atoms with E-state index < -0.39 is 9.84 Å². The third-order valence-corrected chi connectivity index (χ3v) is 3.58. The SMILES string of the molecule is C=Cc1ccc(S(C)(=O)=O)c(C(C)=O)c1C. The van der Waals surface area contributed by atoms with E-state index in [1.54, 1.807) is 19.1 Å². The fourth-order valence-electron chi connectivity index (χ4n) is 1.67. The van der Waals surface area contributed by atoms with Gasteiger partial charge in [-0.2, -0.15) is 0 Å². The van der Waals surface area contributed by atoms with Gasteiger partial charge in [-0.1, -0.05) is 18.7 Å². The summed E-state index contributed by atoms with van der Waals surface area (Å²) in [6.45, 7) is 6.71. The molecule has 0 aliphatic carbocycles. The molecule has 0 aliphatic rings. The molecule has 0 atom stereocenters. The summed E-state index contributed by atoms with van der Waals surface area (Å²) in [7, 11) is -3.38. The van der Waals surface area contributed by atoms with Crippen LogP contribution in [-0.4, -0.2) is 20.5 Å².